The molecule has 1 rings (SSSR count). The zero-order valence-corrected chi connectivity index (χ0v) is 10.1. The molecule has 88 valence electrons. The summed E-state index contributed by atoms with van der Waals surface area (Å²) in [6.45, 7) is 6.19. The second kappa shape index (κ2) is 6.16. The molecule has 3 nitrogen and oxygen atoms in total. The van der Waals surface area contributed by atoms with E-state index in [1.807, 2.05) is 25.1 Å². The molecule has 0 heterocycles. The molecule has 2 atom stereocenters. The summed E-state index contributed by atoms with van der Waals surface area (Å²) < 4.78 is 5.13. The Morgan fingerprint density at radius 2 is 1.94 bits per heavy atom. The molecular formula is C13H19NO2. The number of para-hydroxylation sites is 1. The van der Waals surface area contributed by atoms with Crippen molar-refractivity contribution in [3.8, 4) is 5.75 Å². The second-order valence-electron chi connectivity index (χ2n) is 4.02. The molecular weight excluding hydrogens is 202 g/mol. The molecule has 1 aromatic carbocycles. The van der Waals surface area contributed by atoms with E-state index < -0.39 is 0 Å². The van der Waals surface area contributed by atoms with Gasteiger partial charge in [-0.15, -0.1) is 0 Å². The standard InChI is InChI=1S/C13H19NO2/c1-4-10(2)11(3)14-13(15)16-12-8-6-5-7-9-12/h5-11H,4H2,1-3H3,(H,14,15). The Bertz CT molecular complexity index is 324. The molecule has 16 heavy (non-hydrogen) atoms. The molecule has 2 unspecified atom stereocenters. The fourth-order valence-corrected chi connectivity index (χ4v) is 1.31. The van der Waals surface area contributed by atoms with Gasteiger partial charge in [-0.25, -0.2) is 4.79 Å². The van der Waals surface area contributed by atoms with Crippen LogP contribution >= 0.6 is 0 Å². The largest absolute Gasteiger partial charge is 0.412 e. The quantitative estimate of drug-likeness (QED) is 0.847. The van der Waals surface area contributed by atoms with Gasteiger partial charge in [0.05, 0.1) is 0 Å². The van der Waals surface area contributed by atoms with Crippen molar-refractivity contribution in [3.63, 3.8) is 0 Å². The predicted molar refractivity (Wildman–Crippen MR) is 64.5 cm³/mol. The van der Waals surface area contributed by atoms with Gasteiger partial charge in [0.1, 0.15) is 5.75 Å². The molecule has 0 aliphatic carbocycles. The third-order valence-electron chi connectivity index (χ3n) is 2.80. The lowest BCUT2D eigenvalue weighted by Crippen LogP contribution is -2.38. The summed E-state index contributed by atoms with van der Waals surface area (Å²) in [6.07, 6.45) is 0.645. The highest BCUT2D eigenvalue weighted by Gasteiger charge is 2.13. The molecule has 0 aromatic heterocycles. The van der Waals surface area contributed by atoms with Crippen LogP contribution in [0.1, 0.15) is 27.2 Å². The minimum Gasteiger partial charge on any atom is -0.410 e. The van der Waals surface area contributed by atoms with Crippen LogP contribution < -0.4 is 10.1 Å². The first-order valence-electron chi connectivity index (χ1n) is 5.67. The summed E-state index contributed by atoms with van der Waals surface area (Å²) in [4.78, 5) is 11.5. The number of hydrogen-bond donors (Lipinski definition) is 1. The highest BCUT2D eigenvalue weighted by Crippen LogP contribution is 2.10. The molecule has 1 N–H and O–H groups in total. The van der Waals surface area contributed by atoms with Crippen molar-refractivity contribution in [2.75, 3.05) is 0 Å². The number of carbonyl (C=O) groups is 1. The topological polar surface area (TPSA) is 38.3 Å². The first-order chi connectivity index (χ1) is 7.63. The van der Waals surface area contributed by atoms with E-state index >= 15 is 0 Å². The highest BCUT2D eigenvalue weighted by atomic mass is 16.6. The lowest BCUT2D eigenvalue weighted by molar-refractivity contribution is 0.192. The van der Waals surface area contributed by atoms with E-state index in [4.69, 9.17) is 4.74 Å². The number of nitrogens with one attached hydrogen (secondary N) is 1. The summed E-state index contributed by atoms with van der Waals surface area (Å²) in [5, 5.41) is 2.82. The predicted octanol–water partition coefficient (Wildman–Crippen LogP) is 3.21. The summed E-state index contributed by atoms with van der Waals surface area (Å²) in [6, 6.07) is 9.19. The summed E-state index contributed by atoms with van der Waals surface area (Å²) >= 11 is 0. The van der Waals surface area contributed by atoms with Crippen LogP contribution in [-0.2, 0) is 0 Å². The smallest absolute Gasteiger partial charge is 0.410 e. The van der Waals surface area contributed by atoms with Gasteiger partial charge in [-0.1, -0.05) is 38.5 Å². The van der Waals surface area contributed by atoms with Crippen LogP contribution in [0.5, 0.6) is 5.75 Å². The second-order valence-corrected chi connectivity index (χ2v) is 4.02. The van der Waals surface area contributed by atoms with Crippen molar-refractivity contribution in [1.82, 2.24) is 5.32 Å². The summed E-state index contributed by atoms with van der Waals surface area (Å²) in [5.41, 5.74) is 0. The summed E-state index contributed by atoms with van der Waals surface area (Å²) in [5.74, 6) is 1.01. The average Bonchev–Trinajstić information content (AvgIpc) is 2.29. The van der Waals surface area contributed by atoms with E-state index in [-0.39, 0.29) is 12.1 Å². The van der Waals surface area contributed by atoms with Crippen LogP contribution in [0.4, 0.5) is 4.79 Å². The van der Waals surface area contributed by atoms with Crippen LogP contribution in [0.15, 0.2) is 30.3 Å². The molecule has 0 saturated heterocycles. The van der Waals surface area contributed by atoms with Crippen molar-refractivity contribution in [3.05, 3.63) is 30.3 Å². The average molecular weight is 221 g/mol. The molecule has 1 amide bonds. The molecule has 0 saturated carbocycles. The number of amides is 1. The fourth-order valence-electron chi connectivity index (χ4n) is 1.31. The summed E-state index contributed by atoms with van der Waals surface area (Å²) in [7, 11) is 0. The highest BCUT2D eigenvalue weighted by molar-refractivity contribution is 5.70. The van der Waals surface area contributed by atoms with E-state index in [1.165, 1.54) is 0 Å². The van der Waals surface area contributed by atoms with Crippen molar-refractivity contribution >= 4 is 6.09 Å². The SMILES string of the molecule is CCC(C)C(C)NC(=O)Oc1ccccc1. The molecule has 3 heteroatoms. The molecule has 0 aliphatic rings. The molecule has 0 bridgehead atoms. The maximum atomic E-state index is 11.5. The molecule has 0 radical (unpaired) electrons. The number of carbonyl (C=O) groups excluding carboxylic acids is 1. The van der Waals surface area contributed by atoms with E-state index in [1.54, 1.807) is 12.1 Å². The monoisotopic (exact) mass is 221 g/mol. The van der Waals surface area contributed by atoms with Crippen molar-refractivity contribution < 1.29 is 9.53 Å². The van der Waals surface area contributed by atoms with Crippen LogP contribution in [-0.4, -0.2) is 12.1 Å². The first-order valence-corrected chi connectivity index (χ1v) is 5.67. The fraction of sp³-hybridized carbons (Fsp3) is 0.462. The molecule has 0 aliphatic heterocycles. The molecule has 1 aromatic rings. The maximum Gasteiger partial charge on any atom is 0.412 e. The van der Waals surface area contributed by atoms with E-state index in [2.05, 4.69) is 19.2 Å². The third-order valence-corrected chi connectivity index (χ3v) is 2.80. The Kier molecular flexibility index (Phi) is 4.83. The van der Waals surface area contributed by atoms with Crippen molar-refractivity contribution in [1.29, 1.82) is 0 Å². The van der Waals surface area contributed by atoms with Crippen LogP contribution in [0.2, 0.25) is 0 Å². The Labute approximate surface area is 96.8 Å². The van der Waals surface area contributed by atoms with Gasteiger partial charge in [-0.05, 0) is 25.0 Å². The van der Waals surface area contributed by atoms with Crippen LogP contribution in [0.3, 0.4) is 0 Å². The Morgan fingerprint density at radius 3 is 2.50 bits per heavy atom. The Morgan fingerprint density at radius 1 is 1.31 bits per heavy atom. The Balaban J connectivity index is 2.42. The van der Waals surface area contributed by atoms with Gasteiger partial charge in [-0.3, -0.25) is 0 Å². The zero-order valence-electron chi connectivity index (χ0n) is 10.1. The van der Waals surface area contributed by atoms with Crippen LogP contribution in [0.25, 0.3) is 0 Å². The minimum absolute atomic E-state index is 0.126. The van der Waals surface area contributed by atoms with Gasteiger partial charge in [0.15, 0.2) is 0 Å². The van der Waals surface area contributed by atoms with Gasteiger partial charge in [-0.2, -0.15) is 0 Å². The van der Waals surface area contributed by atoms with Gasteiger partial charge in [0.2, 0.25) is 0 Å². The third kappa shape index (κ3) is 3.93. The Hall–Kier alpha value is -1.51. The number of hydrogen-bond acceptors (Lipinski definition) is 2. The van der Waals surface area contributed by atoms with Gasteiger partial charge < -0.3 is 10.1 Å². The lowest BCUT2D eigenvalue weighted by Gasteiger charge is -2.19. The first kappa shape index (κ1) is 12.6. The maximum absolute atomic E-state index is 11.5. The van der Waals surface area contributed by atoms with Crippen LogP contribution in [0, 0.1) is 5.92 Å². The number of rotatable bonds is 4. The van der Waals surface area contributed by atoms with E-state index in [0.29, 0.717) is 11.7 Å². The zero-order chi connectivity index (χ0) is 12.0. The normalized spacial score (nSPS) is 13.9. The minimum atomic E-state index is -0.390. The number of ether oxygens (including phenoxy) is 1. The molecule has 0 spiro atoms. The van der Waals surface area contributed by atoms with Crippen molar-refractivity contribution in [2.45, 2.75) is 33.2 Å². The van der Waals surface area contributed by atoms with Gasteiger partial charge in [0.25, 0.3) is 0 Å². The molecule has 0 fully saturated rings. The van der Waals surface area contributed by atoms with Gasteiger partial charge in [0, 0.05) is 6.04 Å². The number of benzene rings is 1. The van der Waals surface area contributed by atoms with E-state index in [9.17, 15) is 4.79 Å². The lowest BCUT2D eigenvalue weighted by atomic mass is 10.0. The van der Waals surface area contributed by atoms with Crippen molar-refractivity contribution in [2.24, 2.45) is 5.92 Å². The van der Waals surface area contributed by atoms with E-state index in [0.717, 1.165) is 6.42 Å². The van der Waals surface area contributed by atoms with Gasteiger partial charge >= 0.3 is 6.09 Å².